The van der Waals surface area contributed by atoms with Gasteiger partial charge in [0.15, 0.2) is 6.61 Å². The van der Waals surface area contributed by atoms with Crippen LogP contribution < -0.4 is 10.2 Å². The van der Waals surface area contributed by atoms with Crippen LogP contribution >= 0.6 is 27.5 Å². The van der Waals surface area contributed by atoms with E-state index >= 15 is 0 Å². The molecule has 0 spiro atoms. The minimum atomic E-state index is -0.365. The maximum absolute atomic E-state index is 11.8. The summed E-state index contributed by atoms with van der Waals surface area (Å²) in [5, 5.41) is 6.61. The predicted octanol–water partition coefficient (Wildman–Crippen LogP) is 4.78. The zero-order valence-electron chi connectivity index (χ0n) is 13.1. The van der Waals surface area contributed by atoms with Crippen molar-refractivity contribution in [2.75, 3.05) is 6.61 Å². The molecule has 0 aromatic heterocycles. The summed E-state index contributed by atoms with van der Waals surface area (Å²) in [6.45, 7) is -0.172. The maximum Gasteiger partial charge on any atom is 0.277 e. The molecule has 0 bridgehead atoms. The second-order valence-corrected chi connectivity index (χ2v) is 6.55. The van der Waals surface area contributed by atoms with Crippen LogP contribution in [0.1, 0.15) is 5.56 Å². The highest BCUT2D eigenvalue weighted by Gasteiger charge is 2.05. The Hall–Kier alpha value is -2.37. The molecule has 0 aliphatic carbocycles. The number of hydrazone groups is 1. The summed E-state index contributed by atoms with van der Waals surface area (Å²) in [5.41, 5.74) is 3.38. The van der Waals surface area contributed by atoms with Crippen molar-refractivity contribution in [2.45, 2.75) is 0 Å². The first-order valence-corrected chi connectivity index (χ1v) is 8.68. The van der Waals surface area contributed by atoms with Crippen molar-refractivity contribution in [2.24, 2.45) is 5.10 Å². The summed E-state index contributed by atoms with van der Waals surface area (Å²) in [6.07, 6.45) is 1.62. The van der Waals surface area contributed by atoms with Crippen molar-refractivity contribution in [1.29, 1.82) is 0 Å². The number of hydrogen-bond acceptors (Lipinski definition) is 3. The van der Waals surface area contributed by atoms with E-state index in [2.05, 4.69) is 26.5 Å². The Labute approximate surface area is 158 Å². The third-order valence-electron chi connectivity index (χ3n) is 3.47. The number of rotatable bonds is 5. The second-order valence-electron chi connectivity index (χ2n) is 5.22. The lowest BCUT2D eigenvalue weighted by atomic mass is 10.1. The van der Waals surface area contributed by atoms with Gasteiger partial charge in [-0.1, -0.05) is 70.0 Å². The van der Waals surface area contributed by atoms with Gasteiger partial charge in [-0.3, -0.25) is 4.79 Å². The van der Waals surface area contributed by atoms with E-state index in [9.17, 15) is 4.79 Å². The van der Waals surface area contributed by atoms with E-state index in [1.165, 1.54) is 0 Å². The summed E-state index contributed by atoms with van der Waals surface area (Å²) < 4.78 is 6.23. The molecule has 1 amide bonds. The number of hydrogen-bond donors (Lipinski definition) is 1. The van der Waals surface area contributed by atoms with E-state index in [4.69, 9.17) is 16.3 Å². The van der Waals surface area contributed by atoms with Gasteiger partial charge in [0.2, 0.25) is 0 Å². The molecule has 0 heterocycles. The van der Waals surface area contributed by atoms with Crippen molar-refractivity contribution < 1.29 is 9.53 Å². The fourth-order valence-corrected chi connectivity index (χ4v) is 3.03. The molecule has 4 nitrogen and oxygen atoms in total. The molecule has 0 saturated carbocycles. The first-order chi connectivity index (χ1) is 12.1. The van der Waals surface area contributed by atoms with E-state index in [1.54, 1.807) is 24.4 Å². The van der Waals surface area contributed by atoms with Gasteiger partial charge in [0.05, 0.1) is 11.2 Å². The number of carbonyl (C=O) groups excluding carboxylic acids is 1. The van der Waals surface area contributed by atoms with Gasteiger partial charge < -0.3 is 4.74 Å². The lowest BCUT2D eigenvalue weighted by Crippen LogP contribution is -2.24. The van der Waals surface area contributed by atoms with E-state index in [1.807, 2.05) is 42.5 Å². The van der Waals surface area contributed by atoms with Gasteiger partial charge in [-0.15, -0.1) is 0 Å². The molecular weight excluding hydrogens is 404 g/mol. The summed E-state index contributed by atoms with van der Waals surface area (Å²) in [6, 6.07) is 19.1. The Balaban J connectivity index is 1.59. The zero-order chi connectivity index (χ0) is 17.6. The van der Waals surface area contributed by atoms with Crippen molar-refractivity contribution in [3.05, 3.63) is 75.7 Å². The third-order valence-corrected chi connectivity index (χ3v) is 4.26. The molecule has 0 fully saturated rings. The standard InChI is InChI=1S/C19H14BrClN2O2/c20-15-8-9-18(17(21)10-15)25-12-19(24)23-22-11-14-6-3-5-13-4-1-2-7-16(13)14/h1-11H,12H2,(H,23,24). The number of benzene rings is 3. The molecule has 0 atom stereocenters. The Morgan fingerprint density at radius 1 is 1.16 bits per heavy atom. The largest absolute Gasteiger partial charge is 0.482 e. The highest BCUT2D eigenvalue weighted by atomic mass is 79.9. The highest BCUT2D eigenvalue weighted by molar-refractivity contribution is 9.10. The Morgan fingerprint density at radius 3 is 2.80 bits per heavy atom. The van der Waals surface area contributed by atoms with Crippen LogP contribution in [0, 0.1) is 0 Å². The van der Waals surface area contributed by atoms with Gasteiger partial charge in [0, 0.05) is 10.0 Å². The zero-order valence-corrected chi connectivity index (χ0v) is 15.4. The molecule has 3 aromatic carbocycles. The van der Waals surface area contributed by atoms with Gasteiger partial charge in [-0.2, -0.15) is 5.10 Å². The molecule has 3 aromatic rings. The van der Waals surface area contributed by atoms with Crippen LogP contribution in [-0.4, -0.2) is 18.7 Å². The lowest BCUT2D eigenvalue weighted by molar-refractivity contribution is -0.123. The van der Waals surface area contributed by atoms with E-state index in [-0.39, 0.29) is 12.5 Å². The van der Waals surface area contributed by atoms with Crippen molar-refractivity contribution in [3.8, 4) is 5.75 Å². The van der Waals surface area contributed by atoms with Crippen LogP contribution in [0.15, 0.2) is 70.2 Å². The number of fused-ring (bicyclic) bond motifs is 1. The van der Waals surface area contributed by atoms with Crippen molar-refractivity contribution in [3.63, 3.8) is 0 Å². The average molecular weight is 418 g/mol. The van der Waals surface area contributed by atoms with Crippen LogP contribution in [-0.2, 0) is 4.79 Å². The molecule has 0 aliphatic heterocycles. The van der Waals surface area contributed by atoms with Crippen molar-refractivity contribution >= 4 is 50.4 Å². The predicted molar refractivity (Wildman–Crippen MR) is 104 cm³/mol. The molecule has 0 radical (unpaired) electrons. The third kappa shape index (κ3) is 4.59. The second kappa shape index (κ2) is 8.14. The van der Waals surface area contributed by atoms with Gasteiger partial charge in [-0.05, 0) is 29.0 Å². The minimum absolute atomic E-state index is 0.172. The van der Waals surface area contributed by atoms with E-state index in [0.29, 0.717) is 10.8 Å². The number of ether oxygens (including phenoxy) is 1. The number of amides is 1. The molecule has 6 heteroatoms. The Kier molecular flexibility index (Phi) is 5.68. The van der Waals surface area contributed by atoms with Gasteiger partial charge in [0.1, 0.15) is 5.75 Å². The number of nitrogens with one attached hydrogen (secondary N) is 1. The fourth-order valence-electron chi connectivity index (χ4n) is 2.30. The molecule has 0 unspecified atom stereocenters. The van der Waals surface area contributed by atoms with Crippen LogP contribution in [0.2, 0.25) is 5.02 Å². The van der Waals surface area contributed by atoms with Crippen LogP contribution in [0.4, 0.5) is 0 Å². The minimum Gasteiger partial charge on any atom is -0.482 e. The van der Waals surface area contributed by atoms with Gasteiger partial charge in [0.25, 0.3) is 5.91 Å². The molecule has 0 aliphatic rings. The Bertz CT molecular complexity index is 938. The average Bonchev–Trinajstić information content (AvgIpc) is 2.61. The normalized spacial score (nSPS) is 11.0. The molecule has 1 N–H and O–H groups in total. The summed E-state index contributed by atoms with van der Waals surface area (Å²) in [5.74, 6) is 0.0773. The smallest absolute Gasteiger partial charge is 0.277 e. The Morgan fingerprint density at radius 2 is 1.96 bits per heavy atom. The molecule has 0 saturated heterocycles. The van der Waals surface area contributed by atoms with Crippen molar-refractivity contribution in [1.82, 2.24) is 5.43 Å². The fraction of sp³-hybridized carbons (Fsp3) is 0.0526. The molecular formula is C19H14BrClN2O2. The molecule has 25 heavy (non-hydrogen) atoms. The highest BCUT2D eigenvalue weighted by Crippen LogP contribution is 2.27. The molecule has 126 valence electrons. The monoisotopic (exact) mass is 416 g/mol. The molecule has 3 rings (SSSR count). The van der Waals surface area contributed by atoms with Crippen LogP contribution in [0.25, 0.3) is 10.8 Å². The number of nitrogens with zero attached hydrogens (tertiary/aromatic N) is 1. The van der Waals surface area contributed by atoms with E-state index in [0.717, 1.165) is 20.8 Å². The number of carbonyl (C=O) groups is 1. The quantitative estimate of drug-likeness (QED) is 0.479. The summed E-state index contributed by atoms with van der Waals surface area (Å²) in [4.78, 5) is 11.8. The number of halogens is 2. The van der Waals surface area contributed by atoms with Gasteiger partial charge in [-0.25, -0.2) is 5.43 Å². The lowest BCUT2D eigenvalue weighted by Gasteiger charge is -2.07. The first-order valence-electron chi connectivity index (χ1n) is 7.51. The van der Waals surface area contributed by atoms with Gasteiger partial charge >= 0.3 is 0 Å². The van der Waals surface area contributed by atoms with Crippen LogP contribution in [0.5, 0.6) is 5.75 Å². The van der Waals surface area contributed by atoms with Crippen LogP contribution in [0.3, 0.4) is 0 Å². The summed E-state index contributed by atoms with van der Waals surface area (Å²) >= 11 is 9.35. The SMILES string of the molecule is O=C(COc1ccc(Br)cc1Cl)NN=Cc1cccc2ccccc12. The maximum atomic E-state index is 11.8. The summed E-state index contributed by atoms with van der Waals surface area (Å²) in [7, 11) is 0. The first kappa shape index (κ1) is 17.5. The van der Waals surface area contributed by atoms with E-state index < -0.39 is 0 Å². The topological polar surface area (TPSA) is 50.7 Å².